The second-order valence-corrected chi connectivity index (χ2v) is 5.94. The lowest BCUT2D eigenvalue weighted by Crippen LogP contribution is -2.39. The highest BCUT2D eigenvalue weighted by molar-refractivity contribution is 5.94. The highest BCUT2D eigenvalue weighted by Gasteiger charge is 2.31. The molecule has 0 saturated heterocycles. The number of likely N-dealkylation sites (N-methyl/N-ethyl adjacent to an activating group) is 1. The normalized spacial score (nSPS) is 16.9. The zero-order valence-electron chi connectivity index (χ0n) is 13.7. The number of fused-ring (bicyclic) bond motifs is 1. The molecule has 1 aromatic carbocycles. The van der Waals surface area contributed by atoms with Crippen LogP contribution in [0.15, 0.2) is 18.2 Å². The summed E-state index contributed by atoms with van der Waals surface area (Å²) in [5.74, 6) is -0.834. The molecule has 3 rings (SSSR count). The van der Waals surface area contributed by atoms with Crippen LogP contribution in [0.3, 0.4) is 0 Å². The predicted molar refractivity (Wildman–Crippen MR) is 83.5 cm³/mol. The summed E-state index contributed by atoms with van der Waals surface area (Å²) in [7, 11) is 1.72. The highest BCUT2D eigenvalue weighted by Crippen LogP contribution is 2.21. The summed E-state index contributed by atoms with van der Waals surface area (Å²) in [6.07, 6.45) is 0. The molecule has 0 aliphatic carbocycles. The van der Waals surface area contributed by atoms with Crippen LogP contribution in [-0.2, 0) is 17.9 Å². The fraction of sp³-hybridized carbons (Fsp3) is 0.375. The molecule has 1 aliphatic rings. The quantitative estimate of drug-likeness (QED) is 0.916. The van der Waals surface area contributed by atoms with Gasteiger partial charge in [0.2, 0.25) is 5.91 Å². The fourth-order valence-corrected chi connectivity index (χ4v) is 2.68. The third-order valence-electron chi connectivity index (χ3n) is 4.21. The van der Waals surface area contributed by atoms with Crippen LogP contribution in [0, 0.1) is 12.7 Å². The number of carbonyl (C=O) groups is 2. The Kier molecular flexibility index (Phi) is 4.04. The number of amides is 2. The molecule has 0 spiro atoms. The lowest BCUT2D eigenvalue weighted by molar-refractivity contribution is -0.135. The number of aryl methyl sites for hydroxylation is 1. The molecule has 0 saturated carbocycles. The van der Waals surface area contributed by atoms with Gasteiger partial charge in [0.15, 0.2) is 0 Å². The molecule has 2 amide bonds. The fourth-order valence-electron chi connectivity index (χ4n) is 2.68. The second kappa shape index (κ2) is 6.03. The first-order valence-corrected chi connectivity index (χ1v) is 7.60. The molecule has 24 heavy (non-hydrogen) atoms. The van der Waals surface area contributed by atoms with Gasteiger partial charge in [-0.05, 0) is 31.5 Å². The Morgan fingerprint density at radius 3 is 2.92 bits per heavy atom. The van der Waals surface area contributed by atoms with Crippen molar-refractivity contribution in [1.29, 1.82) is 0 Å². The van der Waals surface area contributed by atoms with E-state index in [0.29, 0.717) is 17.8 Å². The molecule has 1 aliphatic heterocycles. The van der Waals surface area contributed by atoms with Crippen molar-refractivity contribution in [3.63, 3.8) is 0 Å². The van der Waals surface area contributed by atoms with Crippen LogP contribution in [0.4, 0.5) is 4.39 Å². The van der Waals surface area contributed by atoms with E-state index in [1.54, 1.807) is 42.6 Å². The van der Waals surface area contributed by atoms with Gasteiger partial charge in [0.05, 0.1) is 18.8 Å². The Bertz CT molecular complexity index is 817. The van der Waals surface area contributed by atoms with Gasteiger partial charge < -0.3 is 10.2 Å². The third-order valence-corrected chi connectivity index (χ3v) is 4.21. The Morgan fingerprint density at radius 2 is 2.21 bits per heavy atom. The predicted octanol–water partition coefficient (Wildman–Crippen LogP) is 1.19. The summed E-state index contributed by atoms with van der Waals surface area (Å²) >= 11 is 0. The smallest absolute Gasteiger partial charge is 0.251 e. The van der Waals surface area contributed by atoms with Crippen LogP contribution < -0.4 is 5.32 Å². The van der Waals surface area contributed by atoms with Gasteiger partial charge in [-0.15, -0.1) is 5.10 Å². The van der Waals surface area contributed by atoms with Crippen LogP contribution in [0.5, 0.6) is 0 Å². The van der Waals surface area contributed by atoms with Crippen molar-refractivity contribution in [2.75, 3.05) is 7.05 Å². The monoisotopic (exact) mass is 331 g/mol. The van der Waals surface area contributed by atoms with Gasteiger partial charge in [-0.25, -0.2) is 9.07 Å². The minimum absolute atomic E-state index is 0.0295. The molecule has 8 heteroatoms. The zero-order valence-corrected chi connectivity index (χ0v) is 13.7. The summed E-state index contributed by atoms with van der Waals surface area (Å²) < 4.78 is 15.1. The first-order valence-electron chi connectivity index (χ1n) is 7.60. The van der Waals surface area contributed by atoms with E-state index < -0.39 is 11.9 Å². The summed E-state index contributed by atoms with van der Waals surface area (Å²) in [6.45, 7) is 3.95. The van der Waals surface area contributed by atoms with E-state index in [2.05, 4.69) is 15.6 Å². The van der Waals surface area contributed by atoms with E-state index in [1.807, 2.05) is 0 Å². The molecule has 0 fully saturated rings. The first kappa shape index (κ1) is 16.1. The standard InChI is InChI=1S/C16H18FN5O2/c1-9-4-5-11(6-12(9)17)15(23)18-7-13-14-8-21(3)16(24)10(2)22(14)20-19-13/h4-6,10H,7-8H2,1-3H3,(H,18,23). The van der Waals surface area contributed by atoms with Crippen molar-refractivity contribution >= 4 is 11.8 Å². The molecule has 1 N–H and O–H groups in total. The maximum Gasteiger partial charge on any atom is 0.251 e. The number of halogens is 1. The number of rotatable bonds is 3. The maximum atomic E-state index is 13.6. The lowest BCUT2D eigenvalue weighted by atomic mass is 10.1. The van der Waals surface area contributed by atoms with Gasteiger partial charge in [0.1, 0.15) is 17.6 Å². The van der Waals surface area contributed by atoms with Crippen molar-refractivity contribution in [1.82, 2.24) is 25.2 Å². The van der Waals surface area contributed by atoms with Gasteiger partial charge >= 0.3 is 0 Å². The molecular weight excluding hydrogens is 313 g/mol. The van der Waals surface area contributed by atoms with E-state index in [1.165, 1.54) is 6.07 Å². The number of carbonyl (C=O) groups excluding carboxylic acids is 2. The Balaban J connectivity index is 1.74. The van der Waals surface area contributed by atoms with Crippen LogP contribution in [-0.4, -0.2) is 38.8 Å². The Labute approximate surface area is 138 Å². The zero-order chi connectivity index (χ0) is 17.4. The molecule has 1 aromatic heterocycles. The molecule has 1 atom stereocenters. The SMILES string of the molecule is Cc1ccc(C(=O)NCc2nnn3c2CN(C)C(=O)C3C)cc1F. The molecule has 0 bridgehead atoms. The number of aromatic nitrogens is 3. The molecule has 0 radical (unpaired) electrons. The average molecular weight is 331 g/mol. The van der Waals surface area contributed by atoms with Crippen LogP contribution >= 0.6 is 0 Å². The summed E-state index contributed by atoms with van der Waals surface area (Å²) in [6, 6.07) is 3.93. The minimum atomic E-state index is -0.419. The maximum absolute atomic E-state index is 13.6. The number of benzene rings is 1. The van der Waals surface area contributed by atoms with Crippen molar-refractivity contribution in [2.45, 2.75) is 33.0 Å². The molecule has 1 unspecified atom stereocenters. The number of hydrogen-bond donors (Lipinski definition) is 1. The molecule has 7 nitrogen and oxygen atoms in total. The number of hydrogen-bond acceptors (Lipinski definition) is 4. The van der Waals surface area contributed by atoms with Gasteiger partial charge in [-0.1, -0.05) is 11.3 Å². The average Bonchev–Trinajstić information content (AvgIpc) is 2.96. The Hall–Kier alpha value is -2.77. The second-order valence-electron chi connectivity index (χ2n) is 5.94. The summed E-state index contributed by atoms with van der Waals surface area (Å²) in [5.41, 5.74) is 2.13. The van der Waals surface area contributed by atoms with E-state index in [9.17, 15) is 14.0 Å². The summed E-state index contributed by atoms with van der Waals surface area (Å²) in [4.78, 5) is 25.7. The summed E-state index contributed by atoms with van der Waals surface area (Å²) in [5, 5.41) is 10.8. The van der Waals surface area contributed by atoms with Gasteiger partial charge in [0.25, 0.3) is 5.91 Å². The van der Waals surface area contributed by atoms with Crippen molar-refractivity contribution in [3.05, 3.63) is 46.5 Å². The van der Waals surface area contributed by atoms with Crippen LogP contribution in [0.1, 0.15) is 40.3 Å². The third kappa shape index (κ3) is 2.75. The lowest BCUT2D eigenvalue weighted by Gasteiger charge is -2.28. The van der Waals surface area contributed by atoms with E-state index in [-0.39, 0.29) is 23.9 Å². The van der Waals surface area contributed by atoms with Crippen LogP contribution in [0.2, 0.25) is 0 Å². The minimum Gasteiger partial charge on any atom is -0.346 e. The number of nitrogens with one attached hydrogen (secondary N) is 1. The van der Waals surface area contributed by atoms with E-state index in [4.69, 9.17) is 0 Å². The van der Waals surface area contributed by atoms with Gasteiger partial charge in [-0.3, -0.25) is 9.59 Å². The topological polar surface area (TPSA) is 80.1 Å². The highest BCUT2D eigenvalue weighted by atomic mass is 19.1. The van der Waals surface area contributed by atoms with Gasteiger partial charge in [-0.2, -0.15) is 0 Å². The van der Waals surface area contributed by atoms with E-state index >= 15 is 0 Å². The van der Waals surface area contributed by atoms with Crippen molar-refractivity contribution in [3.8, 4) is 0 Å². The largest absolute Gasteiger partial charge is 0.346 e. The van der Waals surface area contributed by atoms with Gasteiger partial charge in [0, 0.05) is 12.6 Å². The first-order chi connectivity index (χ1) is 11.4. The van der Waals surface area contributed by atoms with Crippen molar-refractivity contribution < 1.29 is 14.0 Å². The number of nitrogens with zero attached hydrogens (tertiary/aromatic N) is 4. The molecule has 126 valence electrons. The van der Waals surface area contributed by atoms with Crippen molar-refractivity contribution in [2.24, 2.45) is 0 Å². The van der Waals surface area contributed by atoms with Crippen LogP contribution in [0.25, 0.3) is 0 Å². The molecule has 2 aromatic rings. The van der Waals surface area contributed by atoms with E-state index in [0.717, 1.165) is 5.69 Å². The Morgan fingerprint density at radius 1 is 1.46 bits per heavy atom. The molecule has 2 heterocycles. The molecular formula is C16H18FN5O2.